The zero-order chi connectivity index (χ0) is 16.9. The highest BCUT2D eigenvalue weighted by atomic mass is 32.2. The van der Waals surface area contributed by atoms with Crippen molar-refractivity contribution in [2.24, 2.45) is 0 Å². The van der Waals surface area contributed by atoms with Crippen molar-refractivity contribution in [3.8, 4) is 0 Å². The molecule has 2 aliphatic rings. The molecule has 0 bridgehead atoms. The Labute approximate surface area is 147 Å². The summed E-state index contributed by atoms with van der Waals surface area (Å²) in [4.78, 5) is 14.9. The molecule has 5 heteroatoms. The standard InChI is InChI=1S/C18H22N2OS2/c1-10-6-14-13(11(2)9-18(3,4)20(14)5)7-12(10)8-15-16(21)19-17(22)23-15/h6-8,11H,9H2,1-5H3,(H,19,21,22)/b15-8-. The van der Waals surface area contributed by atoms with Gasteiger partial charge in [-0.3, -0.25) is 4.79 Å². The summed E-state index contributed by atoms with van der Waals surface area (Å²) in [5, 5.41) is 2.67. The monoisotopic (exact) mass is 346 g/mol. The van der Waals surface area contributed by atoms with Crippen molar-refractivity contribution in [3.63, 3.8) is 0 Å². The Morgan fingerprint density at radius 2 is 2.13 bits per heavy atom. The molecule has 1 amide bonds. The fourth-order valence-corrected chi connectivity index (χ4v) is 4.49. The third-order valence-corrected chi connectivity index (χ3v) is 6.11. The Hall–Kier alpha value is -1.33. The molecule has 3 rings (SSSR count). The Bertz CT molecular complexity index is 737. The van der Waals surface area contributed by atoms with Gasteiger partial charge in [-0.25, -0.2) is 0 Å². The molecule has 1 atom stereocenters. The van der Waals surface area contributed by atoms with Crippen molar-refractivity contribution in [1.29, 1.82) is 0 Å². The maximum atomic E-state index is 11.9. The predicted octanol–water partition coefficient (Wildman–Crippen LogP) is 4.21. The van der Waals surface area contributed by atoms with Gasteiger partial charge in [0.05, 0.1) is 4.91 Å². The summed E-state index contributed by atoms with van der Waals surface area (Å²) in [6.07, 6.45) is 3.08. The van der Waals surface area contributed by atoms with Crippen molar-refractivity contribution in [2.45, 2.75) is 45.6 Å². The third-order valence-electron chi connectivity index (χ3n) is 4.95. The number of thiocarbonyl (C=S) groups is 1. The Kier molecular flexibility index (Phi) is 4.05. The molecule has 2 heterocycles. The van der Waals surface area contributed by atoms with Crippen LogP contribution in [0.2, 0.25) is 0 Å². The van der Waals surface area contributed by atoms with Crippen LogP contribution in [0.4, 0.5) is 5.69 Å². The van der Waals surface area contributed by atoms with Gasteiger partial charge >= 0.3 is 0 Å². The van der Waals surface area contributed by atoms with Crippen LogP contribution in [-0.2, 0) is 4.79 Å². The Balaban J connectivity index is 2.06. The Morgan fingerprint density at radius 3 is 2.74 bits per heavy atom. The van der Waals surface area contributed by atoms with Gasteiger partial charge in [0.25, 0.3) is 5.91 Å². The quantitative estimate of drug-likeness (QED) is 0.610. The molecule has 122 valence electrons. The zero-order valence-corrected chi connectivity index (χ0v) is 15.8. The van der Waals surface area contributed by atoms with Crippen molar-refractivity contribution >= 4 is 46.0 Å². The second-order valence-electron chi connectivity index (χ2n) is 7.10. The van der Waals surface area contributed by atoms with Crippen molar-refractivity contribution < 1.29 is 4.79 Å². The number of thioether (sulfide) groups is 1. The van der Waals surface area contributed by atoms with E-state index >= 15 is 0 Å². The lowest BCUT2D eigenvalue weighted by Gasteiger charge is -2.45. The summed E-state index contributed by atoms with van der Waals surface area (Å²) in [6, 6.07) is 4.48. The normalized spacial score (nSPS) is 24.8. The maximum Gasteiger partial charge on any atom is 0.263 e. The predicted molar refractivity (Wildman–Crippen MR) is 103 cm³/mol. The summed E-state index contributed by atoms with van der Waals surface area (Å²) in [6.45, 7) is 8.96. The number of benzene rings is 1. The molecule has 0 aromatic heterocycles. The number of nitrogens with zero attached hydrogens (tertiary/aromatic N) is 1. The van der Waals surface area contributed by atoms with Crippen molar-refractivity contribution in [1.82, 2.24) is 5.32 Å². The number of anilines is 1. The molecule has 2 aliphatic heterocycles. The highest BCUT2D eigenvalue weighted by molar-refractivity contribution is 8.26. The first-order chi connectivity index (χ1) is 10.7. The minimum absolute atomic E-state index is 0.0941. The molecule has 1 unspecified atom stereocenters. The van der Waals surface area contributed by atoms with Gasteiger partial charge < -0.3 is 10.2 Å². The molecular formula is C18H22N2OS2. The molecule has 1 aromatic carbocycles. The third kappa shape index (κ3) is 2.92. The van der Waals surface area contributed by atoms with Crippen molar-refractivity contribution in [3.05, 3.63) is 33.7 Å². The first-order valence-corrected chi connectivity index (χ1v) is 9.05. The minimum Gasteiger partial charge on any atom is -0.369 e. The van der Waals surface area contributed by atoms with Crippen LogP contribution in [0.3, 0.4) is 0 Å². The number of hydrogen-bond donors (Lipinski definition) is 1. The maximum absolute atomic E-state index is 11.9. The van der Waals surface area contributed by atoms with Crippen LogP contribution in [-0.4, -0.2) is 22.8 Å². The van der Waals surface area contributed by atoms with Gasteiger partial charge in [0, 0.05) is 18.3 Å². The first kappa shape index (κ1) is 16.5. The second-order valence-corrected chi connectivity index (χ2v) is 8.82. The van der Waals surface area contributed by atoms with Crippen LogP contribution < -0.4 is 10.2 Å². The van der Waals surface area contributed by atoms with Crippen LogP contribution in [0.1, 0.15) is 49.8 Å². The molecule has 23 heavy (non-hydrogen) atoms. The largest absolute Gasteiger partial charge is 0.369 e. The number of fused-ring (bicyclic) bond motifs is 1. The van der Waals surface area contributed by atoms with Crippen molar-refractivity contribution in [2.75, 3.05) is 11.9 Å². The fraction of sp³-hybridized carbons (Fsp3) is 0.444. The molecule has 1 fully saturated rings. The van der Waals surface area contributed by atoms with E-state index in [9.17, 15) is 4.79 Å². The van der Waals surface area contributed by atoms with E-state index < -0.39 is 0 Å². The average molecular weight is 347 g/mol. The van der Waals surface area contributed by atoms with Crippen LogP contribution >= 0.6 is 24.0 Å². The smallest absolute Gasteiger partial charge is 0.263 e. The number of amides is 1. The summed E-state index contributed by atoms with van der Waals surface area (Å²) in [7, 11) is 2.17. The summed E-state index contributed by atoms with van der Waals surface area (Å²) in [5.74, 6) is 0.406. The number of aryl methyl sites for hydroxylation is 1. The Morgan fingerprint density at radius 1 is 1.43 bits per heavy atom. The molecule has 1 N–H and O–H groups in total. The van der Waals surface area contributed by atoms with E-state index in [1.165, 1.54) is 28.6 Å². The topological polar surface area (TPSA) is 32.3 Å². The van der Waals surface area contributed by atoms with E-state index in [2.05, 4.69) is 57.1 Å². The van der Waals surface area contributed by atoms with Crippen LogP contribution in [0.25, 0.3) is 6.08 Å². The highest BCUT2D eigenvalue weighted by Gasteiger charge is 2.34. The second kappa shape index (κ2) is 5.64. The molecule has 0 saturated carbocycles. The van der Waals surface area contributed by atoms with E-state index in [1.54, 1.807) is 0 Å². The number of hydrogen-bond acceptors (Lipinski definition) is 4. The average Bonchev–Trinajstić information content (AvgIpc) is 2.76. The van der Waals surface area contributed by atoms with Gasteiger partial charge in [-0.2, -0.15) is 0 Å². The molecule has 1 aromatic rings. The van der Waals surface area contributed by atoms with E-state index in [0.717, 1.165) is 12.0 Å². The van der Waals surface area contributed by atoms with Gasteiger partial charge in [-0.15, -0.1) is 0 Å². The minimum atomic E-state index is -0.0941. The van der Waals surface area contributed by atoms with E-state index in [0.29, 0.717) is 15.1 Å². The molecule has 0 radical (unpaired) electrons. The van der Waals surface area contributed by atoms with Gasteiger partial charge in [0.15, 0.2) is 0 Å². The lowest BCUT2D eigenvalue weighted by atomic mass is 9.79. The molecular weight excluding hydrogens is 324 g/mol. The zero-order valence-electron chi connectivity index (χ0n) is 14.2. The van der Waals surface area contributed by atoms with Crippen LogP contribution in [0, 0.1) is 6.92 Å². The number of carbonyl (C=O) groups excluding carboxylic acids is 1. The lowest BCUT2D eigenvalue weighted by molar-refractivity contribution is -0.115. The fourth-order valence-electron chi connectivity index (χ4n) is 3.45. The molecule has 1 saturated heterocycles. The SMILES string of the molecule is Cc1cc2c(cc1/C=C1\SC(=S)NC1=O)C(C)CC(C)(C)N2C. The van der Waals surface area contributed by atoms with Gasteiger partial charge in [-0.1, -0.05) is 30.9 Å². The van der Waals surface area contributed by atoms with E-state index in [1.807, 2.05) is 6.08 Å². The highest BCUT2D eigenvalue weighted by Crippen LogP contribution is 2.43. The van der Waals surface area contributed by atoms with Gasteiger partial charge in [0.2, 0.25) is 0 Å². The van der Waals surface area contributed by atoms with Crippen LogP contribution in [0.5, 0.6) is 0 Å². The summed E-state index contributed by atoms with van der Waals surface area (Å²) < 4.78 is 0.534. The molecule has 0 aliphatic carbocycles. The molecule has 3 nitrogen and oxygen atoms in total. The summed E-state index contributed by atoms with van der Waals surface area (Å²) >= 11 is 6.40. The van der Waals surface area contributed by atoms with E-state index in [-0.39, 0.29) is 11.4 Å². The first-order valence-electron chi connectivity index (χ1n) is 7.82. The molecule has 0 spiro atoms. The lowest BCUT2D eigenvalue weighted by Crippen LogP contribution is -2.45. The number of carbonyl (C=O) groups is 1. The van der Waals surface area contributed by atoms with E-state index in [4.69, 9.17) is 12.2 Å². The van der Waals surface area contributed by atoms with Gasteiger partial charge in [-0.05, 0) is 68.0 Å². The summed E-state index contributed by atoms with van der Waals surface area (Å²) in [5.41, 5.74) is 5.10. The van der Waals surface area contributed by atoms with Crippen LogP contribution in [0.15, 0.2) is 17.0 Å². The number of rotatable bonds is 1. The van der Waals surface area contributed by atoms with Gasteiger partial charge in [0.1, 0.15) is 4.32 Å². The number of nitrogens with one attached hydrogen (secondary N) is 1.